The van der Waals surface area contributed by atoms with Crippen LogP contribution in [0.2, 0.25) is 10.0 Å². The van der Waals surface area contributed by atoms with Crippen molar-refractivity contribution in [1.29, 1.82) is 0 Å². The normalized spacial score (nSPS) is 18.2. The zero-order valence-corrected chi connectivity index (χ0v) is 28.8. The Morgan fingerprint density at radius 1 is 0.878 bits per heavy atom. The van der Waals surface area contributed by atoms with E-state index in [4.69, 9.17) is 32.8 Å². The molecule has 0 bridgehead atoms. The second kappa shape index (κ2) is 16.0. The van der Waals surface area contributed by atoms with Crippen LogP contribution in [0.15, 0.2) is 125 Å². The highest BCUT2D eigenvalue weighted by atomic mass is 35.5. The third-order valence-electron chi connectivity index (χ3n) is 7.73. The number of nitrogens with one attached hydrogen (secondary N) is 2. The van der Waals surface area contributed by atoms with Crippen LogP contribution in [0.4, 0.5) is 0 Å². The van der Waals surface area contributed by atoms with Gasteiger partial charge in [0, 0.05) is 9.92 Å². The van der Waals surface area contributed by atoms with Gasteiger partial charge in [-0.25, -0.2) is 10.3 Å². The number of hydroxylamine groups is 1. The van der Waals surface area contributed by atoms with Gasteiger partial charge in [0.05, 0.1) is 23.0 Å². The largest absolute Gasteiger partial charge is 0.451 e. The van der Waals surface area contributed by atoms with Gasteiger partial charge in [0.15, 0.2) is 12.1 Å². The van der Waals surface area contributed by atoms with Crippen molar-refractivity contribution in [3.8, 4) is 0 Å². The molecule has 6 rings (SSSR count). The average molecular weight is 735 g/mol. The van der Waals surface area contributed by atoms with Gasteiger partial charge in [0.1, 0.15) is 11.4 Å². The van der Waals surface area contributed by atoms with Crippen LogP contribution in [0, 0.1) is 0 Å². The SMILES string of the molecule is O=C(CSc1cc(Cl)ccc1Cl)NC1C(=O)N2C(C(=O)OC(c3ccccc3)c3ccccc3)C(C(=O)NOCc3ccccc3)=CS[C@H]12. The van der Waals surface area contributed by atoms with Gasteiger partial charge < -0.3 is 15.0 Å². The number of hydrogen-bond acceptors (Lipinski definition) is 8. The number of ether oxygens (including phenoxy) is 1. The number of hydrogen-bond donors (Lipinski definition) is 2. The fourth-order valence-corrected chi connectivity index (χ4v) is 7.87. The fourth-order valence-electron chi connectivity index (χ4n) is 5.34. The number of halogens is 2. The van der Waals surface area contributed by atoms with Crippen molar-refractivity contribution in [3.05, 3.63) is 147 Å². The Balaban J connectivity index is 1.21. The third-order valence-corrected chi connectivity index (χ3v) is 10.6. The van der Waals surface area contributed by atoms with Gasteiger partial charge in [0.25, 0.3) is 5.91 Å². The van der Waals surface area contributed by atoms with Crippen LogP contribution in [-0.2, 0) is 35.4 Å². The molecule has 2 N–H and O–H groups in total. The summed E-state index contributed by atoms with van der Waals surface area (Å²) in [7, 11) is 0. The Morgan fingerprint density at radius 3 is 2.16 bits per heavy atom. The lowest BCUT2D eigenvalue weighted by Gasteiger charge is -2.51. The maximum Gasteiger partial charge on any atom is 0.334 e. The second-order valence-corrected chi connectivity index (χ2v) is 13.9. The van der Waals surface area contributed by atoms with Gasteiger partial charge in [0.2, 0.25) is 11.8 Å². The molecule has 2 aliphatic rings. The summed E-state index contributed by atoms with van der Waals surface area (Å²) in [5.74, 6) is -2.47. The van der Waals surface area contributed by atoms with E-state index in [1.807, 2.05) is 91.0 Å². The molecule has 3 atom stereocenters. The molecule has 9 nitrogen and oxygen atoms in total. The summed E-state index contributed by atoms with van der Waals surface area (Å²) in [6.45, 7) is 0.0873. The van der Waals surface area contributed by atoms with Gasteiger partial charge in [-0.05, 0) is 40.3 Å². The second-order valence-electron chi connectivity index (χ2n) is 11.0. The lowest BCUT2D eigenvalue weighted by Crippen LogP contribution is -2.74. The van der Waals surface area contributed by atoms with E-state index in [0.717, 1.165) is 17.3 Å². The van der Waals surface area contributed by atoms with Crippen LogP contribution in [0.5, 0.6) is 0 Å². The van der Waals surface area contributed by atoms with E-state index in [1.165, 1.54) is 22.1 Å². The molecule has 2 unspecified atom stereocenters. The molecule has 4 aromatic carbocycles. The summed E-state index contributed by atoms with van der Waals surface area (Å²) < 4.78 is 6.12. The number of amides is 3. The van der Waals surface area contributed by atoms with Crippen LogP contribution in [0.1, 0.15) is 22.8 Å². The van der Waals surface area contributed by atoms with Crippen molar-refractivity contribution in [1.82, 2.24) is 15.7 Å². The Bertz CT molecular complexity index is 1830. The predicted octanol–water partition coefficient (Wildman–Crippen LogP) is 6.32. The number of β-lactam (4-membered cyclic amide) rings is 1. The molecule has 0 saturated carbocycles. The monoisotopic (exact) mass is 733 g/mol. The number of esters is 1. The number of nitrogens with zero attached hydrogens (tertiary/aromatic N) is 1. The molecule has 2 aliphatic heterocycles. The lowest BCUT2D eigenvalue weighted by atomic mass is 9.97. The van der Waals surface area contributed by atoms with Gasteiger partial charge in [-0.2, -0.15) is 0 Å². The third kappa shape index (κ3) is 8.14. The summed E-state index contributed by atoms with van der Waals surface area (Å²) in [6.07, 6.45) is -0.816. The molecule has 0 spiro atoms. The smallest absolute Gasteiger partial charge is 0.334 e. The zero-order valence-electron chi connectivity index (χ0n) is 25.7. The molecule has 1 saturated heterocycles. The van der Waals surface area contributed by atoms with Gasteiger partial charge in [-0.3, -0.25) is 19.2 Å². The lowest BCUT2D eigenvalue weighted by molar-refractivity contribution is -0.166. The highest BCUT2D eigenvalue weighted by Crippen LogP contribution is 2.41. The maximum absolute atomic E-state index is 14.1. The minimum Gasteiger partial charge on any atom is -0.451 e. The van der Waals surface area contributed by atoms with Crippen LogP contribution in [0.25, 0.3) is 0 Å². The molecule has 0 radical (unpaired) electrons. The highest BCUT2D eigenvalue weighted by molar-refractivity contribution is 8.03. The molecular weight excluding hydrogens is 705 g/mol. The van der Waals surface area contributed by atoms with Crippen LogP contribution in [0.3, 0.4) is 0 Å². The predicted molar refractivity (Wildman–Crippen MR) is 189 cm³/mol. The highest BCUT2D eigenvalue weighted by Gasteiger charge is 2.57. The number of rotatable bonds is 12. The van der Waals surface area contributed by atoms with Crippen molar-refractivity contribution in [2.24, 2.45) is 0 Å². The minimum absolute atomic E-state index is 0.0230. The Kier molecular flexibility index (Phi) is 11.3. The number of carbonyl (C=O) groups excluding carboxylic acids is 4. The molecule has 13 heteroatoms. The first-order chi connectivity index (χ1) is 23.8. The standard InChI is InChI=1S/C36H29Cl2N3O6S2/c37-25-16-17-27(38)28(18-25)48-21-29(42)39-30-34(44)41-31(26(20-49-35(30)41)33(43)40-46-19-22-10-4-1-5-11-22)36(45)47-32(23-12-6-2-7-13-23)24-14-8-3-9-15-24/h1-18,20,30-32,35H,19,21H2,(H,39,42)(H,40,43)/t30?,31?,35-/m1/s1. The average Bonchev–Trinajstić information content (AvgIpc) is 3.13. The Morgan fingerprint density at radius 2 is 1.51 bits per heavy atom. The molecule has 49 heavy (non-hydrogen) atoms. The van der Waals surface area contributed by atoms with Crippen molar-refractivity contribution < 1.29 is 28.8 Å². The van der Waals surface area contributed by atoms with Crippen molar-refractivity contribution in [2.45, 2.75) is 35.1 Å². The van der Waals surface area contributed by atoms with Crippen LogP contribution >= 0.6 is 46.7 Å². The summed E-state index contributed by atoms with van der Waals surface area (Å²) in [4.78, 5) is 61.6. The first-order valence-electron chi connectivity index (χ1n) is 15.1. The molecule has 2 heterocycles. The molecule has 250 valence electrons. The molecule has 0 aliphatic carbocycles. The van der Waals surface area contributed by atoms with Crippen molar-refractivity contribution in [2.75, 3.05) is 5.75 Å². The van der Waals surface area contributed by atoms with Gasteiger partial charge in [-0.1, -0.05) is 114 Å². The number of benzene rings is 4. The number of thioether (sulfide) groups is 2. The zero-order chi connectivity index (χ0) is 34.3. The van der Waals surface area contributed by atoms with Crippen molar-refractivity contribution >= 4 is 70.4 Å². The van der Waals surface area contributed by atoms with Gasteiger partial charge >= 0.3 is 5.97 Å². The van der Waals surface area contributed by atoms with Crippen LogP contribution in [-0.4, -0.2) is 51.8 Å². The summed E-state index contributed by atoms with van der Waals surface area (Å²) >= 11 is 14.6. The summed E-state index contributed by atoms with van der Waals surface area (Å²) in [5, 5.41) is 4.54. The molecule has 3 amide bonds. The van der Waals surface area contributed by atoms with E-state index in [2.05, 4.69) is 10.8 Å². The quantitative estimate of drug-likeness (QED) is 0.0753. The Labute approximate surface area is 301 Å². The summed E-state index contributed by atoms with van der Waals surface area (Å²) in [6, 6.07) is 30.2. The number of fused-ring (bicyclic) bond motifs is 1. The van der Waals surface area contributed by atoms with E-state index in [1.54, 1.807) is 18.2 Å². The van der Waals surface area contributed by atoms with E-state index in [0.29, 0.717) is 26.1 Å². The molecule has 4 aromatic rings. The van der Waals surface area contributed by atoms with Crippen LogP contribution < -0.4 is 10.8 Å². The van der Waals surface area contributed by atoms with Gasteiger partial charge in [-0.15, -0.1) is 23.5 Å². The van der Waals surface area contributed by atoms with Crippen molar-refractivity contribution in [3.63, 3.8) is 0 Å². The number of carbonyl (C=O) groups is 4. The van der Waals surface area contributed by atoms with E-state index in [9.17, 15) is 19.2 Å². The van der Waals surface area contributed by atoms with E-state index in [-0.39, 0.29) is 17.9 Å². The molecular formula is C36H29Cl2N3O6S2. The van der Waals surface area contributed by atoms with E-state index < -0.39 is 47.3 Å². The minimum atomic E-state index is -1.40. The first kappa shape index (κ1) is 34.6. The topological polar surface area (TPSA) is 114 Å². The van der Waals surface area contributed by atoms with E-state index >= 15 is 0 Å². The fraction of sp³-hybridized carbons (Fsp3) is 0.167. The Hall–Kier alpha value is -4.26. The maximum atomic E-state index is 14.1. The summed E-state index contributed by atoms with van der Waals surface area (Å²) in [5.41, 5.74) is 4.62. The molecule has 1 fully saturated rings. The molecule has 0 aromatic heterocycles. The first-order valence-corrected chi connectivity index (χ1v) is 17.8.